The average Bonchev–Trinajstić information content (AvgIpc) is 2.71. The van der Waals surface area contributed by atoms with Crippen LogP contribution in [0, 0.1) is 12.7 Å². The van der Waals surface area contributed by atoms with E-state index in [4.69, 9.17) is 0 Å². The summed E-state index contributed by atoms with van der Waals surface area (Å²) in [5.41, 5.74) is 2.08. The van der Waals surface area contributed by atoms with Gasteiger partial charge in [0.05, 0.1) is 9.83 Å². The van der Waals surface area contributed by atoms with Crippen LogP contribution in [0.5, 0.6) is 0 Å². The van der Waals surface area contributed by atoms with E-state index in [0.717, 1.165) is 14.9 Å². The summed E-state index contributed by atoms with van der Waals surface area (Å²) >= 11 is 5.11. The molecule has 17 heavy (non-hydrogen) atoms. The molecule has 0 bridgehead atoms. The third kappa shape index (κ3) is 2.76. The molecular weight excluding hydrogens is 301 g/mol. The van der Waals surface area contributed by atoms with E-state index in [1.54, 1.807) is 17.4 Å². The van der Waals surface area contributed by atoms with Crippen LogP contribution in [0.2, 0.25) is 0 Å². The predicted octanol–water partition coefficient (Wildman–Crippen LogP) is 4.27. The van der Waals surface area contributed by atoms with Gasteiger partial charge in [0.25, 0.3) is 0 Å². The standard InChI is InChI=1S/C13H13BrFNS/c1-8-3-4-9(15)7-10(8)13(16-2)11-5-6-12(14)17-11/h3-7,13,16H,1-2H3. The molecule has 1 heterocycles. The Morgan fingerprint density at radius 1 is 1.29 bits per heavy atom. The molecular formula is C13H13BrFNS. The van der Waals surface area contributed by atoms with E-state index >= 15 is 0 Å². The lowest BCUT2D eigenvalue weighted by atomic mass is 10.00. The average molecular weight is 314 g/mol. The van der Waals surface area contributed by atoms with Crippen LogP contribution in [-0.4, -0.2) is 7.05 Å². The van der Waals surface area contributed by atoms with Gasteiger partial charge >= 0.3 is 0 Å². The Bertz CT molecular complexity index is 524. The van der Waals surface area contributed by atoms with Crippen LogP contribution < -0.4 is 5.32 Å². The fraction of sp³-hybridized carbons (Fsp3) is 0.231. The molecule has 0 saturated heterocycles. The number of hydrogen-bond donors (Lipinski definition) is 1. The number of nitrogens with one attached hydrogen (secondary N) is 1. The molecule has 2 rings (SSSR count). The number of benzene rings is 1. The maximum atomic E-state index is 13.3. The first-order valence-electron chi connectivity index (χ1n) is 5.30. The normalized spacial score (nSPS) is 12.7. The first-order chi connectivity index (χ1) is 8.11. The monoisotopic (exact) mass is 313 g/mol. The second-order valence-corrected chi connectivity index (χ2v) is 6.36. The van der Waals surface area contributed by atoms with Crippen LogP contribution in [0.4, 0.5) is 4.39 Å². The summed E-state index contributed by atoms with van der Waals surface area (Å²) in [6.07, 6.45) is 0. The Balaban J connectivity index is 2.45. The summed E-state index contributed by atoms with van der Waals surface area (Å²) in [6, 6.07) is 9.03. The van der Waals surface area contributed by atoms with Gasteiger partial charge in [-0.3, -0.25) is 0 Å². The molecule has 0 aliphatic carbocycles. The molecule has 1 atom stereocenters. The molecule has 1 unspecified atom stereocenters. The summed E-state index contributed by atoms with van der Waals surface area (Å²) in [4.78, 5) is 1.17. The second-order valence-electron chi connectivity index (χ2n) is 3.86. The molecule has 0 aliphatic heterocycles. The number of halogens is 2. The van der Waals surface area contributed by atoms with Gasteiger partial charge < -0.3 is 5.32 Å². The lowest BCUT2D eigenvalue weighted by Gasteiger charge is -2.17. The van der Waals surface area contributed by atoms with Crippen LogP contribution in [0.3, 0.4) is 0 Å². The molecule has 0 spiro atoms. The van der Waals surface area contributed by atoms with Gasteiger partial charge in [-0.2, -0.15) is 0 Å². The molecule has 0 saturated carbocycles. The van der Waals surface area contributed by atoms with Gasteiger partial charge in [-0.1, -0.05) is 6.07 Å². The highest BCUT2D eigenvalue weighted by Crippen LogP contribution is 2.32. The van der Waals surface area contributed by atoms with Crippen LogP contribution in [0.25, 0.3) is 0 Å². The predicted molar refractivity (Wildman–Crippen MR) is 74.1 cm³/mol. The number of rotatable bonds is 3. The molecule has 1 aromatic heterocycles. The Morgan fingerprint density at radius 3 is 2.65 bits per heavy atom. The SMILES string of the molecule is CNC(c1ccc(Br)s1)c1cc(F)ccc1C. The third-order valence-electron chi connectivity index (χ3n) is 2.72. The van der Waals surface area contributed by atoms with Crippen molar-refractivity contribution in [3.63, 3.8) is 0 Å². The van der Waals surface area contributed by atoms with Gasteiger partial charge in [0.2, 0.25) is 0 Å². The smallest absolute Gasteiger partial charge is 0.123 e. The molecule has 0 fully saturated rings. The van der Waals surface area contributed by atoms with Gasteiger partial charge in [0, 0.05) is 4.88 Å². The Morgan fingerprint density at radius 2 is 2.06 bits per heavy atom. The van der Waals surface area contributed by atoms with Crippen molar-refractivity contribution in [2.75, 3.05) is 7.05 Å². The van der Waals surface area contributed by atoms with E-state index in [0.29, 0.717) is 0 Å². The fourth-order valence-electron chi connectivity index (χ4n) is 1.86. The number of aryl methyl sites for hydroxylation is 1. The van der Waals surface area contributed by atoms with Crippen molar-refractivity contribution >= 4 is 27.3 Å². The molecule has 0 aliphatic rings. The van der Waals surface area contributed by atoms with Crippen molar-refractivity contribution < 1.29 is 4.39 Å². The number of hydrogen-bond acceptors (Lipinski definition) is 2. The highest BCUT2D eigenvalue weighted by Gasteiger charge is 2.16. The van der Waals surface area contributed by atoms with Crippen molar-refractivity contribution in [1.29, 1.82) is 0 Å². The Hall–Kier alpha value is -0.710. The molecule has 90 valence electrons. The minimum absolute atomic E-state index is 0.0435. The lowest BCUT2D eigenvalue weighted by molar-refractivity contribution is 0.616. The number of thiophene rings is 1. The summed E-state index contributed by atoms with van der Waals surface area (Å²) in [5, 5.41) is 3.24. The zero-order valence-electron chi connectivity index (χ0n) is 9.63. The van der Waals surface area contributed by atoms with Crippen LogP contribution >= 0.6 is 27.3 Å². The minimum atomic E-state index is -0.193. The zero-order chi connectivity index (χ0) is 12.4. The lowest BCUT2D eigenvalue weighted by Crippen LogP contribution is -2.17. The van der Waals surface area contributed by atoms with Crippen LogP contribution in [0.1, 0.15) is 22.0 Å². The van der Waals surface area contributed by atoms with Gasteiger partial charge in [0.15, 0.2) is 0 Å². The van der Waals surface area contributed by atoms with Crippen LogP contribution in [-0.2, 0) is 0 Å². The van der Waals surface area contributed by atoms with Crippen molar-refractivity contribution in [3.05, 3.63) is 55.9 Å². The first kappa shape index (κ1) is 12.7. The minimum Gasteiger partial charge on any atom is -0.309 e. The Kier molecular flexibility index (Phi) is 3.97. The van der Waals surface area contributed by atoms with Crippen molar-refractivity contribution in [3.8, 4) is 0 Å². The zero-order valence-corrected chi connectivity index (χ0v) is 12.0. The summed E-state index contributed by atoms with van der Waals surface area (Å²) < 4.78 is 14.4. The van der Waals surface area contributed by atoms with Gasteiger partial charge in [-0.15, -0.1) is 11.3 Å². The Labute approximate surface area is 113 Å². The van der Waals surface area contributed by atoms with Gasteiger partial charge in [-0.25, -0.2) is 4.39 Å². The van der Waals surface area contributed by atoms with Crippen LogP contribution in [0.15, 0.2) is 34.1 Å². The van der Waals surface area contributed by atoms with Crippen molar-refractivity contribution in [2.24, 2.45) is 0 Å². The third-order valence-corrected chi connectivity index (χ3v) is 4.41. The largest absolute Gasteiger partial charge is 0.309 e. The summed E-state index contributed by atoms with van der Waals surface area (Å²) in [7, 11) is 1.89. The van der Waals surface area contributed by atoms with E-state index < -0.39 is 0 Å². The molecule has 1 aromatic carbocycles. The van der Waals surface area contributed by atoms with E-state index in [9.17, 15) is 4.39 Å². The van der Waals surface area contributed by atoms with E-state index in [1.165, 1.54) is 10.9 Å². The maximum Gasteiger partial charge on any atom is 0.123 e. The fourth-order valence-corrected chi connectivity index (χ4v) is 3.41. The summed E-state index contributed by atoms with van der Waals surface area (Å²) in [5.74, 6) is -0.193. The highest BCUT2D eigenvalue weighted by molar-refractivity contribution is 9.11. The second kappa shape index (κ2) is 5.29. The van der Waals surface area contributed by atoms with E-state index in [2.05, 4.69) is 27.3 Å². The highest BCUT2D eigenvalue weighted by atomic mass is 79.9. The van der Waals surface area contributed by atoms with E-state index in [1.807, 2.05) is 26.1 Å². The van der Waals surface area contributed by atoms with Gasteiger partial charge in [0.1, 0.15) is 5.82 Å². The molecule has 4 heteroatoms. The topological polar surface area (TPSA) is 12.0 Å². The first-order valence-corrected chi connectivity index (χ1v) is 6.91. The maximum absolute atomic E-state index is 13.3. The summed E-state index contributed by atoms with van der Waals surface area (Å²) in [6.45, 7) is 2.00. The molecule has 1 nitrogen and oxygen atoms in total. The van der Waals surface area contributed by atoms with Gasteiger partial charge in [-0.05, 0) is 65.3 Å². The van der Waals surface area contributed by atoms with E-state index in [-0.39, 0.29) is 11.9 Å². The van der Waals surface area contributed by atoms with Crippen molar-refractivity contribution in [2.45, 2.75) is 13.0 Å². The molecule has 0 radical (unpaired) electrons. The van der Waals surface area contributed by atoms with Crippen molar-refractivity contribution in [1.82, 2.24) is 5.32 Å². The quantitative estimate of drug-likeness (QED) is 0.892. The molecule has 2 aromatic rings. The molecule has 1 N–H and O–H groups in total. The molecule has 0 amide bonds.